The molecule has 22 heavy (non-hydrogen) atoms. The monoisotopic (exact) mass is 374 g/mol. The van der Waals surface area contributed by atoms with Crippen molar-refractivity contribution in [3.8, 4) is 16.9 Å². The third kappa shape index (κ3) is 2.81. The van der Waals surface area contributed by atoms with Gasteiger partial charge < -0.3 is 4.74 Å². The van der Waals surface area contributed by atoms with Gasteiger partial charge in [-0.25, -0.2) is 0 Å². The van der Waals surface area contributed by atoms with Crippen LogP contribution in [0.25, 0.3) is 21.9 Å². The molecule has 0 heterocycles. The standard InChI is InChI=1S/C18H15BrO2S/c1-21-14-6-10-17-13(11-14)5-9-16(18(17)19)12-3-7-15(8-4-12)22(2)20/h3-11H,1-2H3. The smallest absolute Gasteiger partial charge is 0.119 e. The average Bonchev–Trinajstić information content (AvgIpc) is 2.55. The Kier molecular flexibility index (Phi) is 4.32. The Morgan fingerprint density at radius 2 is 1.73 bits per heavy atom. The third-order valence-electron chi connectivity index (χ3n) is 3.66. The first-order chi connectivity index (χ1) is 10.6. The second-order valence-corrected chi connectivity index (χ2v) is 7.17. The Morgan fingerprint density at radius 1 is 1.00 bits per heavy atom. The van der Waals surface area contributed by atoms with E-state index in [0.717, 1.165) is 37.0 Å². The molecule has 2 nitrogen and oxygen atoms in total. The zero-order chi connectivity index (χ0) is 15.7. The molecule has 3 aromatic carbocycles. The number of hydrogen-bond donors (Lipinski definition) is 0. The van der Waals surface area contributed by atoms with E-state index < -0.39 is 10.8 Å². The number of rotatable bonds is 3. The van der Waals surface area contributed by atoms with Crippen molar-refractivity contribution in [3.05, 3.63) is 59.1 Å². The molecule has 1 unspecified atom stereocenters. The van der Waals surface area contributed by atoms with Crippen LogP contribution in [-0.4, -0.2) is 17.6 Å². The minimum atomic E-state index is -0.951. The van der Waals surface area contributed by atoms with Gasteiger partial charge in [-0.3, -0.25) is 4.21 Å². The summed E-state index contributed by atoms with van der Waals surface area (Å²) in [6.07, 6.45) is 1.69. The van der Waals surface area contributed by atoms with E-state index in [-0.39, 0.29) is 0 Å². The Labute approximate surface area is 140 Å². The maximum absolute atomic E-state index is 11.5. The van der Waals surface area contributed by atoms with Crippen molar-refractivity contribution in [2.24, 2.45) is 0 Å². The van der Waals surface area contributed by atoms with Gasteiger partial charge in [0.2, 0.25) is 0 Å². The highest BCUT2D eigenvalue weighted by Crippen LogP contribution is 2.36. The molecular weight excluding hydrogens is 360 g/mol. The molecule has 3 aromatic rings. The molecule has 0 amide bonds. The first kappa shape index (κ1) is 15.3. The van der Waals surface area contributed by atoms with Crippen LogP contribution in [0, 0.1) is 0 Å². The van der Waals surface area contributed by atoms with E-state index in [9.17, 15) is 4.21 Å². The fraction of sp³-hybridized carbons (Fsp3) is 0.111. The lowest BCUT2D eigenvalue weighted by atomic mass is 10.0. The maximum Gasteiger partial charge on any atom is 0.119 e. The van der Waals surface area contributed by atoms with Gasteiger partial charge in [-0.05, 0) is 68.2 Å². The highest BCUT2D eigenvalue weighted by atomic mass is 79.9. The Balaban J connectivity index is 2.11. The minimum Gasteiger partial charge on any atom is -0.497 e. The van der Waals surface area contributed by atoms with Crippen LogP contribution in [0.2, 0.25) is 0 Å². The van der Waals surface area contributed by atoms with Crippen molar-refractivity contribution in [2.45, 2.75) is 4.90 Å². The van der Waals surface area contributed by atoms with Gasteiger partial charge in [0, 0.05) is 26.4 Å². The van der Waals surface area contributed by atoms with Crippen molar-refractivity contribution in [1.82, 2.24) is 0 Å². The van der Waals surface area contributed by atoms with Crippen molar-refractivity contribution in [1.29, 1.82) is 0 Å². The lowest BCUT2D eigenvalue weighted by Gasteiger charge is -2.10. The molecule has 0 aliphatic rings. The fourth-order valence-corrected chi connectivity index (χ4v) is 3.69. The quantitative estimate of drug-likeness (QED) is 0.643. The molecule has 0 bridgehead atoms. The molecule has 4 heteroatoms. The van der Waals surface area contributed by atoms with Crippen molar-refractivity contribution in [2.75, 3.05) is 13.4 Å². The Hall–Kier alpha value is -1.65. The second kappa shape index (κ2) is 6.23. The van der Waals surface area contributed by atoms with E-state index >= 15 is 0 Å². The van der Waals surface area contributed by atoms with Crippen LogP contribution in [-0.2, 0) is 10.8 Å². The minimum absolute atomic E-state index is 0.838. The van der Waals surface area contributed by atoms with Crippen molar-refractivity contribution in [3.63, 3.8) is 0 Å². The van der Waals surface area contributed by atoms with Gasteiger partial charge in [0.05, 0.1) is 7.11 Å². The summed E-state index contributed by atoms with van der Waals surface area (Å²) in [6.45, 7) is 0. The van der Waals surface area contributed by atoms with Gasteiger partial charge >= 0.3 is 0 Å². The molecule has 0 fully saturated rings. The van der Waals surface area contributed by atoms with E-state index in [1.807, 2.05) is 36.4 Å². The summed E-state index contributed by atoms with van der Waals surface area (Å²) in [4.78, 5) is 0.838. The van der Waals surface area contributed by atoms with Crippen LogP contribution in [0.5, 0.6) is 5.75 Å². The summed E-state index contributed by atoms with van der Waals surface area (Å²) < 4.78 is 17.8. The summed E-state index contributed by atoms with van der Waals surface area (Å²) in [5.74, 6) is 0.849. The zero-order valence-corrected chi connectivity index (χ0v) is 14.7. The van der Waals surface area contributed by atoms with Crippen LogP contribution in [0.4, 0.5) is 0 Å². The zero-order valence-electron chi connectivity index (χ0n) is 12.3. The van der Waals surface area contributed by atoms with Gasteiger partial charge in [-0.15, -0.1) is 0 Å². The lowest BCUT2D eigenvalue weighted by molar-refractivity contribution is 0.415. The molecule has 0 aromatic heterocycles. The van der Waals surface area contributed by atoms with Gasteiger partial charge in [-0.2, -0.15) is 0 Å². The van der Waals surface area contributed by atoms with E-state index in [2.05, 4.69) is 34.1 Å². The maximum atomic E-state index is 11.5. The number of fused-ring (bicyclic) bond motifs is 1. The summed E-state index contributed by atoms with van der Waals surface area (Å²) in [7, 11) is 0.720. The number of halogens is 1. The molecule has 0 spiro atoms. The Morgan fingerprint density at radius 3 is 2.36 bits per heavy atom. The number of methoxy groups -OCH3 is 1. The molecule has 0 aliphatic heterocycles. The second-order valence-electron chi connectivity index (χ2n) is 4.99. The van der Waals surface area contributed by atoms with Crippen LogP contribution < -0.4 is 4.74 Å². The summed E-state index contributed by atoms with van der Waals surface area (Å²) in [5, 5.41) is 2.27. The fourth-order valence-electron chi connectivity index (χ4n) is 2.45. The highest BCUT2D eigenvalue weighted by molar-refractivity contribution is 9.10. The summed E-state index contributed by atoms with van der Waals surface area (Å²) in [6, 6.07) is 18.0. The van der Waals surface area contributed by atoms with Crippen molar-refractivity contribution < 1.29 is 8.95 Å². The molecular formula is C18H15BrO2S. The molecule has 0 saturated heterocycles. The first-order valence-corrected chi connectivity index (χ1v) is 9.15. The molecule has 0 aliphatic carbocycles. The SMILES string of the molecule is COc1ccc2c(Br)c(-c3ccc(S(C)=O)cc3)ccc2c1. The predicted molar refractivity (Wildman–Crippen MR) is 96.0 cm³/mol. The molecule has 112 valence electrons. The van der Waals surface area contributed by atoms with E-state index in [0.29, 0.717) is 0 Å². The first-order valence-electron chi connectivity index (χ1n) is 6.80. The summed E-state index contributed by atoms with van der Waals surface area (Å²) >= 11 is 3.71. The molecule has 0 N–H and O–H groups in total. The summed E-state index contributed by atoms with van der Waals surface area (Å²) in [5.41, 5.74) is 2.21. The predicted octanol–water partition coefficient (Wildman–Crippen LogP) is 5.02. The molecule has 1 atom stereocenters. The highest BCUT2D eigenvalue weighted by Gasteiger charge is 2.08. The van der Waals surface area contributed by atoms with E-state index in [1.165, 1.54) is 0 Å². The van der Waals surface area contributed by atoms with Gasteiger partial charge in [0.1, 0.15) is 5.75 Å². The average molecular weight is 375 g/mol. The van der Waals surface area contributed by atoms with Crippen molar-refractivity contribution >= 4 is 37.5 Å². The van der Waals surface area contributed by atoms with Gasteiger partial charge in [0.15, 0.2) is 0 Å². The molecule has 3 rings (SSSR count). The number of hydrogen-bond acceptors (Lipinski definition) is 2. The normalized spacial score (nSPS) is 12.3. The lowest BCUT2D eigenvalue weighted by Crippen LogP contribution is -1.88. The van der Waals surface area contributed by atoms with Gasteiger partial charge in [0.25, 0.3) is 0 Å². The number of benzene rings is 3. The largest absolute Gasteiger partial charge is 0.497 e. The van der Waals surface area contributed by atoms with Crippen LogP contribution in [0.1, 0.15) is 0 Å². The molecule has 0 saturated carbocycles. The van der Waals surface area contributed by atoms with E-state index in [1.54, 1.807) is 13.4 Å². The van der Waals surface area contributed by atoms with Crippen LogP contribution >= 0.6 is 15.9 Å². The number of ether oxygens (including phenoxy) is 1. The van der Waals surface area contributed by atoms with Crippen LogP contribution in [0.3, 0.4) is 0 Å². The van der Waals surface area contributed by atoms with Gasteiger partial charge in [-0.1, -0.05) is 24.3 Å². The van der Waals surface area contributed by atoms with Crippen LogP contribution in [0.15, 0.2) is 64.0 Å². The molecule has 0 radical (unpaired) electrons. The van der Waals surface area contributed by atoms with E-state index in [4.69, 9.17) is 4.74 Å². The third-order valence-corrected chi connectivity index (χ3v) is 5.45. The topological polar surface area (TPSA) is 26.3 Å². The Bertz CT molecular complexity index is 857.